The average molecular weight is 493 g/mol. The first-order valence-corrected chi connectivity index (χ1v) is 12.0. The van der Waals surface area contributed by atoms with Gasteiger partial charge in [-0.15, -0.1) is 0 Å². The number of fused-ring (bicyclic) bond motifs is 2. The summed E-state index contributed by atoms with van der Waals surface area (Å²) in [5, 5.41) is 4.72. The molecule has 0 spiro atoms. The van der Waals surface area contributed by atoms with E-state index in [9.17, 15) is 9.59 Å². The molecule has 0 radical (unpaired) electrons. The smallest absolute Gasteiger partial charge is 0.410 e. The minimum atomic E-state index is -0.562. The van der Waals surface area contributed by atoms with Gasteiger partial charge in [-0.3, -0.25) is 9.36 Å². The van der Waals surface area contributed by atoms with Gasteiger partial charge in [0.25, 0.3) is 5.56 Å². The second-order valence-electron chi connectivity index (χ2n) is 10.4. The third kappa shape index (κ3) is 4.43. The van der Waals surface area contributed by atoms with Gasteiger partial charge in [-0.2, -0.15) is 5.10 Å². The number of carbonyl (C=O) groups is 1. The summed E-state index contributed by atoms with van der Waals surface area (Å²) in [5.74, 6) is -0.540. The highest BCUT2D eigenvalue weighted by molar-refractivity contribution is 5.83. The third-order valence-electron chi connectivity index (χ3n) is 6.39. The van der Waals surface area contributed by atoms with Crippen LogP contribution in [0, 0.1) is 19.7 Å². The predicted molar refractivity (Wildman–Crippen MR) is 133 cm³/mol. The molecule has 36 heavy (non-hydrogen) atoms. The van der Waals surface area contributed by atoms with E-state index < -0.39 is 11.4 Å². The molecular formula is C26H29FN6O3. The van der Waals surface area contributed by atoms with Crippen LogP contribution in [0.5, 0.6) is 0 Å². The number of hydrogen-bond acceptors (Lipinski definition) is 6. The number of benzene rings is 1. The highest BCUT2D eigenvalue weighted by atomic mass is 19.1. The molecule has 10 heteroatoms. The van der Waals surface area contributed by atoms with Crippen molar-refractivity contribution in [2.75, 3.05) is 13.1 Å². The van der Waals surface area contributed by atoms with Crippen molar-refractivity contribution in [2.45, 2.75) is 59.1 Å². The average Bonchev–Trinajstić information content (AvgIpc) is 3.19. The van der Waals surface area contributed by atoms with Gasteiger partial charge in [-0.1, -0.05) is 0 Å². The first kappa shape index (κ1) is 23.9. The molecule has 5 rings (SSSR count). The number of imidazole rings is 1. The van der Waals surface area contributed by atoms with Crippen LogP contribution in [-0.2, 0) is 4.74 Å². The number of ether oxygens (including phenoxy) is 1. The molecule has 4 aromatic rings. The van der Waals surface area contributed by atoms with E-state index in [1.807, 2.05) is 34.6 Å². The Labute approximate surface area is 207 Å². The van der Waals surface area contributed by atoms with Crippen LogP contribution in [0.15, 0.2) is 35.5 Å². The van der Waals surface area contributed by atoms with Gasteiger partial charge in [0.15, 0.2) is 5.65 Å². The van der Waals surface area contributed by atoms with Crippen LogP contribution in [0.3, 0.4) is 0 Å². The first-order chi connectivity index (χ1) is 17.0. The predicted octanol–water partition coefficient (Wildman–Crippen LogP) is 4.43. The van der Waals surface area contributed by atoms with E-state index in [0.717, 1.165) is 16.9 Å². The van der Waals surface area contributed by atoms with Crippen molar-refractivity contribution in [1.29, 1.82) is 0 Å². The van der Waals surface area contributed by atoms with Gasteiger partial charge in [0, 0.05) is 24.7 Å². The van der Waals surface area contributed by atoms with Crippen LogP contribution in [0.4, 0.5) is 9.18 Å². The van der Waals surface area contributed by atoms with E-state index in [2.05, 4.69) is 15.1 Å². The molecule has 1 aliphatic rings. The molecule has 188 valence electrons. The Kier molecular flexibility index (Phi) is 5.77. The fourth-order valence-corrected chi connectivity index (χ4v) is 4.64. The van der Waals surface area contributed by atoms with Crippen molar-refractivity contribution >= 4 is 22.6 Å². The van der Waals surface area contributed by atoms with Crippen LogP contribution in [0.25, 0.3) is 27.8 Å². The fraction of sp³-hybridized carbons (Fsp3) is 0.423. The second-order valence-corrected chi connectivity index (χ2v) is 10.4. The number of carbonyl (C=O) groups excluding carboxylic acids is 1. The van der Waals surface area contributed by atoms with E-state index in [1.54, 1.807) is 32.3 Å². The van der Waals surface area contributed by atoms with Gasteiger partial charge >= 0.3 is 6.09 Å². The molecule has 1 aromatic carbocycles. The first-order valence-electron chi connectivity index (χ1n) is 12.0. The lowest BCUT2D eigenvalue weighted by Gasteiger charge is -2.34. The molecule has 1 fully saturated rings. The van der Waals surface area contributed by atoms with Crippen molar-refractivity contribution in [3.63, 3.8) is 0 Å². The molecular weight excluding hydrogens is 463 g/mol. The fourth-order valence-electron chi connectivity index (χ4n) is 4.64. The monoisotopic (exact) mass is 492 g/mol. The van der Waals surface area contributed by atoms with E-state index in [-0.39, 0.29) is 28.6 Å². The van der Waals surface area contributed by atoms with Gasteiger partial charge in [-0.25, -0.2) is 23.7 Å². The Bertz CT molecular complexity index is 1540. The van der Waals surface area contributed by atoms with Gasteiger partial charge in [0.05, 0.1) is 34.8 Å². The van der Waals surface area contributed by atoms with Gasteiger partial charge in [-0.05, 0) is 71.2 Å². The molecule has 0 N–H and O–H groups in total. The second kappa shape index (κ2) is 8.69. The lowest BCUT2D eigenvalue weighted by atomic mass is 10.0. The summed E-state index contributed by atoms with van der Waals surface area (Å²) >= 11 is 0. The number of likely N-dealkylation sites (tertiary alicyclic amines) is 1. The number of piperidine rings is 1. The maximum absolute atomic E-state index is 15.3. The minimum Gasteiger partial charge on any atom is -0.444 e. The number of rotatable bonds is 2. The van der Waals surface area contributed by atoms with Crippen LogP contribution in [-0.4, -0.2) is 53.8 Å². The summed E-state index contributed by atoms with van der Waals surface area (Å²) < 4.78 is 23.9. The molecule has 1 amide bonds. The van der Waals surface area contributed by atoms with E-state index >= 15 is 4.39 Å². The topological polar surface area (TPSA) is 94.6 Å². The van der Waals surface area contributed by atoms with Crippen LogP contribution in [0.1, 0.15) is 50.9 Å². The Hall–Kier alpha value is -3.82. The molecule has 0 atom stereocenters. The molecule has 1 aliphatic heterocycles. The minimum absolute atomic E-state index is 0.132. The number of aryl methyl sites for hydroxylation is 2. The van der Waals surface area contributed by atoms with E-state index in [1.165, 1.54) is 12.4 Å². The zero-order chi connectivity index (χ0) is 25.8. The van der Waals surface area contributed by atoms with Gasteiger partial charge in [0.2, 0.25) is 0 Å². The highest BCUT2D eigenvalue weighted by Gasteiger charge is 2.28. The number of halogens is 1. The van der Waals surface area contributed by atoms with Crippen molar-refractivity contribution in [3.05, 3.63) is 58.2 Å². The molecule has 3 aromatic heterocycles. The van der Waals surface area contributed by atoms with Crippen molar-refractivity contribution < 1.29 is 13.9 Å². The maximum atomic E-state index is 15.3. The van der Waals surface area contributed by atoms with Crippen molar-refractivity contribution in [3.8, 4) is 11.3 Å². The SMILES string of the molecule is Cc1cn2nc(-c3cc4ncn(C5CCN(C(=O)OC(C)(C)C)CC5)c(=O)c4cc3F)cc(C)c2n1. The summed E-state index contributed by atoms with van der Waals surface area (Å²) in [6.07, 6.45) is 4.12. The maximum Gasteiger partial charge on any atom is 0.410 e. The third-order valence-corrected chi connectivity index (χ3v) is 6.39. The lowest BCUT2D eigenvalue weighted by Crippen LogP contribution is -2.43. The zero-order valence-corrected chi connectivity index (χ0v) is 21.1. The van der Waals surface area contributed by atoms with E-state index in [4.69, 9.17) is 4.74 Å². The lowest BCUT2D eigenvalue weighted by molar-refractivity contribution is 0.0187. The van der Waals surface area contributed by atoms with Gasteiger partial charge in [0.1, 0.15) is 11.4 Å². The summed E-state index contributed by atoms with van der Waals surface area (Å²) in [6, 6.07) is 4.46. The van der Waals surface area contributed by atoms with Crippen LogP contribution < -0.4 is 5.56 Å². The number of amides is 1. The number of aromatic nitrogens is 5. The molecule has 0 unspecified atom stereocenters. The number of nitrogens with zero attached hydrogens (tertiary/aromatic N) is 6. The molecule has 9 nitrogen and oxygen atoms in total. The van der Waals surface area contributed by atoms with Crippen molar-refractivity contribution in [1.82, 2.24) is 29.0 Å². The molecule has 4 heterocycles. The molecule has 0 bridgehead atoms. The Balaban J connectivity index is 1.43. The Morgan fingerprint density at radius 2 is 1.86 bits per heavy atom. The van der Waals surface area contributed by atoms with Gasteiger partial charge < -0.3 is 9.64 Å². The van der Waals surface area contributed by atoms with Crippen LogP contribution >= 0.6 is 0 Å². The van der Waals surface area contributed by atoms with Crippen LogP contribution in [0.2, 0.25) is 0 Å². The number of hydrogen-bond donors (Lipinski definition) is 0. The largest absolute Gasteiger partial charge is 0.444 e. The summed E-state index contributed by atoms with van der Waals surface area (Å²) in [5.41, 5.74) is 2.66. The summed E-state index contributed by atoms with van der Waals surface area (Å²) in [6.45, 7) is 10.2. The van der Waals surface area contributed by atoms with Crippen molar-refractivity contribution in [2.24, 2.45) is 0 Å². The normalized spacial score (nSPS) is 15.1. The summed E-state index contributed by atoms with van der Waals surface area (Å²) in [7, 11) is 0. The zero-order valence-electron chi connectivity index (χ0n) is 21.1. The molecule has 1 saturated heterocycles. The Morgan fingerprint density at radius 1 is 1.14 bits per heavy atom. The highest BCUT2D eigenvalue weighted by Crippen LogP contribution is 2.27. The molecule has 0 saturated carbocycles. The van der Waals surface area contributed by atoms with E-state index in [0.29, 0.717) is 37.1 Å². The summed E-state index contributed by atoms with van der Waals surface area (Å²) in [4.78, 5) is 36.2. The molecule has 0 aliphatic carbocycles. The quantitative estimate of drug-likeness (QED) is 0.411. The standard InChI is InChI=1S/C26H29FN6O3/c1-15-10-22(30-33-13-16(2)29-23(15)33)18-12-21-19(11-20(18)27)24(34)32(14-28-21)17-6-8-31(9-7-17)25(35)36-26(3,4)5/h10-14,17H,6-9H2,1-5H3. The Morgan fingerprint density at radius 3 is 2.56 bits per heavy atom.